The molecule has 0 atom stereocenters. The van der Waals surface area contributed by atoms with Gasteiger partial charge in [-0.25, -0.2) is 4.39 Å². The van der Waals surface area contributed by atoms with E-state index in [0.717, 1.165) is 21.6 Å². The van der Waals surface area contributed by atoms with Crippen molar-refractivity contribution in [1.82, 2.24) is 15.5 Å². The average molecular weight is 369 g/mol. The number of thioether (sulfide) groups is 1. The second-order valence-corrected chi connectivity index (χ2v) is 7.86. The Morgan fingerprint density at radius 3 is 2.75 bits per heavy atom. The predicted molar refractivity (Wildman–Crippen MR) is 97.1 cm³/mol. The Hall–Kier alpha value is -1.67. The number of nitrogens with one attached hydrogen (secondary N) is 2. The number of carbonyl (C=O) groups excluding carboxylic acids is 1. The highest BCUT2D eigenvalue weighted by atomic mass is 32.2. The van der Waals surface area contributed by atoms with Crippen molar-refractivity contribution >= 4 is 34.1 Å². The third-order valence-corrected chi connectivity index (χ3v) is 5.06. The van der Waals surface area contributed by atoms with Crippen molar-refractivity contribution in [3.05, 3.63) is 35.6 Å². The molecule has 0 unspecified atom stereocenters. The highest BCUT2D eigenvalue weighted by Gasteiger charge is 2.08. The summed E-state index contributed by atoms with van der Waals surface area (Å²) in [5.41, 5.74) is 0.995. The lowest BCUT2D eigenvalue weighted by Gasteiger charge is -2.04. The number of anilines is 1. The second-order valence-electron chi connectivity index (χ2n) is 5.66. The van der Waals surface area contributed by atoms with E-state index in [1.54, 1.807) is 12.1 Å². The molecule has 8 heteroatoms. The molecule has 0 bridgehead atoms. The zero-order chi connectivity index (χ0) is 17.4. The van der Waals surface area contributed by atoms with E-state index in [1.165, 1.54) is 35.2 Å². The van der Waals surface area contributed by atoms with Crippen LogP contribution in [0.3, 0.4) is 0 Å². The molecular weight excluding hydrogens is 347 g/mol. The highest BCUT2D eigenvalue weighted by Crippen LogP contribution is 2.25. The molecule has 0 fully saturated rings. The lowest BCUT2D eigenvalue weighted by atomic mass is 10.1. The fourth-order valence-electron chi connectivity index (χ4n) is 1.81. The summed E-state index contributed by atoms with van der Waals surface area (Å²) in [6.45, 7) is 5.63. The number of benzene rings is 1. The monoisotopic (exact) mass is 368 g/mol. The number of nitrogens with zero attached hydrogens (tertiary/aromatic N) is 2. The van der Waals surface area contributed by atoms with Crippen molar-refractivity contribution in [2.24, 2.45) is 5.92 Å². The molecule has 1 heterocycles. The summed E-state index contributed by atoms with van der Waals surface area (Å²) in [6.07, 6.45) is 0.679. The van der Waals surface area contributed by atoms with Gasteiger partial charge in [-0.15, -0.1) is 10.2 Å². The summed E-state index contributed by atoms with van der Waals surface area (Å²) in [5.74, 6) is 0.548. The smallest absolute Gasteiger partial charge is 0.230 e. The van der Waals surface area contributed by atoms with Gasteiger partial charge >= 0.3 is 0 Å². The van der Waals surface area contributed by atoms with Crippen molar-refractivity contribution in [2.75, 3.05) is 24.2 Å². The van der Waals surface area contributed by atoms with Gasteiger partial charge in [0.2, 0.25) is 11.0 Å². The van der Waals surface area contributed by atoms with E-state index < -0.39 is 0 Å². The van der Waals surface area contributed by atoms with Gasteiger partial charge in [-0.1, -0.05) is 49.1 Å². The first-order valence-corrected chi connectivity index (χ1v) is 9.54. The molecule has 0 aliphatic heterocycles. The minimum Gasteiger partial charge on any atom is -0.360 e. The van der Waals surface area contributed by atoms with Gasteiger partial charge in [0.05, 0.1) is 5.75 Å². The third kappa shape index (κ3) is 6.84. The van der Waals surface area contributed by atoms with Crippen molar-refractivity contribution in [2.45, 2.75) is 24.6 Å². The maximum atomic E-state index is 12.8. The van der Waals surface area contributed by atoms with Gasteiger partial charge in [0.25, 0.3) is 0 Å². The quantitative estimate of drug-likeness (QED) is 0.666. The number of rotatable bonds is 9. The Balaban J connectivity index is 1.65. The van der Waals surface area contributed by atoms with Crippen LogP contribution in [0, 0.1) is 11.7 Å². The summed E-state index contributed by atoms with van der Waals surface area (Å²) in [5, 5.41) is 14.9. The topological polar surface area (TPSA) is 66.9 Å². The maximum absolute atomic E-state index is 12.8. The van der Waals surface area contributed by atoms with E-state index >= 15 is 0 Å². The molecule has 130 valence electrons. The minimum atomic E-state index is -0.251. The van der Waals surface area contributed by atoms with Gasteiger partial charge in [0, 0.05) is 13.1 Å². The molecule has 0 saturated heterocycles. The maximum Gasteiger partial charge on any atom is 0.230 e. The third-order valence-electron chi connectivity index (χ3n) is 3.04. The summed E-state index contributed by atoms with van der Waals surface area (Å²) in [6, 6.07) is 6.30. The van der Waals surface area contributed by atoms with Gasteiger partial charge in [-0.3, -0.25) is 4.79 Å². The second kappa shape index (κ2) is 9.58. The number of aromatic nitrogens is 2. The Labute approximate surface area is 149 Å². The fourth-order valence-corrected chi connectivity index (χ4v) is 3.40. The van der Waals surface area contributed by atoms with Gasteiger partial charge in [0.1, 0.15) is 5.82 Å². The molecule has 0 radical (unpaired) electrons. The molecular formula is C16H21FN4OS2. The fraction of sp³-hybridized carbons (Fsp3) is 0.438. The zero-order valence-electron chi connectivity index (χ0n) is 13.7. The Kier molecular flexibility index (Phi) is 7.45. The highest BCUT2D eigenvalue weighted by molar-refractivity contribution is 8.01. The van der Waals surface area contributed by atoms with Gasteiger partial charge < -0.3 is 10.6 Å². The van der Waals surface area contributed by atoms with Crippen LogP contribution in [-0.2, 0) is 11.2 Å². The van der Waals surface area contributed by atoms with E-state index in [1.807, 2.05) is 0 Å². The van der Waals surface area contributed by atoms with E-state index in [-0.39, 0.29) is 11.7 Å². The van der Waals surface area contributed by atoms with Crippen molar-refractivity contribution in [3.63, 3.8) is 0 Å². The summed E-state index contributed by atoms with van der Waals surface area (Å²) in [4.78, 5) is 11.8. The number of amides is 1. The van der Waals surface area contributed by atoms with Crippen LogP contribution in [0.5, 0.6) is 0 Å². The predicted octanol–water partition coefficient (Wildman–Crippen LogP) is 3.20. The number of hydrogen-bond donors (Lipinski definition) is 2. The van der Waals surface area contributed by atoms with Crippen LogP contribution in [0.15, 0.2) is 28.6 Å². The van der Waals surface area contributed by atoms with Gasteiger partial charge in [-0.05, 0) is 30.0 Å². The van der Waals surface area contributed by atoms with Crippen LogP contribution in [0.25, 0.3) is 0 Å². The van der Waals surface area contributed by atoms with Gasteiger partial charge in [-0.2, -0.15) is 0 Å². The molecule has 2 N–H and O–H groups in total. The molecule has 1 aromatic heterocycles. The zero-order valence-corrected chi connectivity index (χ0v) is 15.3. The van der Waals surface area contributed by atoms with Crippen LogP contribution in [0.2, 0.25) is 0 Å². The molecule has 0 aliphatic carbocycles. The Morgan fingerprint density at radius 1 is 1.29 bits per heavy atom. The van der Waals surface area contributed by atoms with E-state index in [9.17, 15) is 9.18 Å². The first-order valence-electron chi connectivity index (χ1n) is 7.74. The molecule has 0 saturated carbocycles. The first kappa shape index (κ1) is 18.7. The largest absolute Gasteiger partial charge is 0.360 e. The lowest BCUT2D eigenvalue weighted by Crippen LogP contribution is -2.27. The van der Waals surface area contributed by atoms with Crippen molar-refractivity contribution in [3.8, 4) is 0 Å². The van der Waals surface area contributed by atoms with Crippen LogP contribution >= 0.6 is 23.1 Å². The lowest BCUT2D eigenvalue weighted by molar-refractivity contribution is -0.118. The summed E-state index contributed by atoms with van der Waals surface area (Å²) < 4.78 is 13.6. The average Bonchev–Trinajstić information content (AvgIpc) is 3.01. The molecule has 0 aliphatic rings. The molecule has 2 rings (SSSR count). The van der Waals surface area contributed by atoms with Crippen LogP contribution < -0.4 is 10.6 Å². The van der Waals surface area contributed by atoms with E-state index in [2.05, 4.69) is 34.7 Å². The minimum absolute atomic E-state index is 0.0472. The van der Waals surface area contributed by atoms with Crippen LogP contribution in [0.1, 0.15) is 19.4 Å². The van der Waals surface area contributed by atoms with Crippen LogP contribution in [0.4, 0.5) is 9.52 Å². The first-order chi connectivity index (χ1) is 11.5. The summed E-state index contributed by atoms with van der Waals surface area (Å²) >= 11 is 2.83. The number of halogens is 1. The number of carbonyl (C=O) groups is 1. The van der Waals surface area contributed by atoms with Crippen molar-refractivity contribution < 1.29 is 9.18 Å². The molecule has 2 aromatic rings. The molecule has 1 aromatic carbocycles. The van der Waals surface area contributed by atoms with Gasteiger partial charge in [0.15, 0.2) is 4.34 Å². The summed E-state index contributed by atoms with van der Waals surface area (Å²) in [7, 11) is 0. The van der Waals surface area contributed by atoms with E-state index in [4.69, 9.17) is 0 Å². The molecule has 0 spiro atoms. The molecule has 24 heavy (non-hydrogen) atoms. The standard InChI is InChI=1S/C16H21FN4OS2/c1-11(2)9-19-15-20-21-16(24-15)23-10-14(22)18-8-7-12-3-5-13(17)6-4-12/h3-6,11H,7-10H2,1-2H3,(H,18,22)(H,19,20). The van der Waals surface area contributed by atoms with Crippen molar-refractivity contribution in [1.29, 1.82) is 0 Å². The molecule has 1 amide bonds. The van der Waals surface area contributed by atoms with E-state index in [0.29, 0.717) is 24.6 Å². The Morgan fingerprint density at radius 2 is 2.04 bits per heavy atom. The normalized spacial score (nSPS) is 10.8. The number of hydrogen-bond acceptors (Lipinski definition) is 6. The molecule has 5 nitrogen and oxygen atoms in total. The Bertz CT molecular complexity index is 646. The van der Waals surface area contributed by atoms with Crippen LogP contribution in [-0.4, -0.2) is 34.9 Å². The SMILES string of the molecule is CC(C)CNc1nnc(SCC(=O)NCCc2ccc(F)cc2)s1.